The van der Waals surface area contributed by atoms with E-state index < -0.39 is 4.92 Å². The molecule has 0 fully saturated rings. The summed E-state index contributed by atoms with van der Waals surface area (Å²) in [7, 11) is 0. The van der Waals surface area contributed by atoms with E-state index in [1.54, 1.807) is 34.8 Å². The van der Waals surface area contributed by atoms with Gasteiger partial charge in [-0.25, -0.2) is 4.39 Å². The number of fused-ring (bicyclic) bond motifs is 1. The minimum absolute atomic E-state index is 0.0625. The SMILES string of the molecule is O=[N+]([O-])c1ccc(CSc2ccc3nnc(-c4cccc(F)c4)n3n2)cc1. The second-order valence-electron chi connectivity index (χ2n) is 5.69. The van der Waals surface area contributed by atoms with Gasteiger partial charge < -0.3 is 0 Å². The molecule has 27 heavy (non-hydrogen) atoms. The van der Waals surface area contributed by atoms with Crippen LogP contribution in [0.4, 0.5) is 10.1 Å². The molecular weight excluding hydrogens is 369 g/mol. The van der Waals surface area contributed by atoms with Gasteiger partial charge in [0.25, 0.3) is 5.69 Å². The molecule has 0 N–H and O–H groups in total. The molecule has 9 heteroatoms. The van der Waals surface area contributed by atoms with Gasteiger partial charge in [-0.2, -0.15) is 9.61 Å². The summed E-state index contributed by atoms with van der Waals surface area (Å²) in [6.07, 6.45) is 0. The van der Waals surface area contributed by atoms with Crippen LogP contribution in [-0.2, 0) is 5.75 Å². The maximum atomic E-state index is 13.5. The van der Waals surface area contributed by atoms with Gasteiger partial charge in [-0.3, -0.25) is 10.1 Å². The molecule has 0 aliphatic carbocycles. The topological polar surface area (TPSA) is 86.2 Å². The third-order valence-electron chi connectivity index (χ3n) is 3.86. The van der Waals surface area contributed by atoms with Crippen LogP contribution >= 0.6 is 11.8 Å². The van der Waals surface area contributed by atoms with E-state index in [1.807, 2.05) is 6.07 Å². The lowest BCUT2D eigenvalue weighted by atomic mass is 10.2. The molecule has 2 aromatic heterocycles. The molecule has 4 rings (SSSR count). The molecular formula is C18H12FN5O2S. The fourth-order valence-electron chi connectivity index (χ4n) is 2.53. The van der Waals surface area contributed by atoms with Crippen LogP contribution < -0.4 is 0 Å². The number of nitro groups is 1. The van der Waals surface area contributed by atoms with Gasteiger partial charge in [0, 0.05) is 23.4 Å². The summed E-state index contributed by atoms with van der Waals surface area (Å²) in [6.45, 7) is 0. The zero-order valence-electron chi connectivity index (χ0n) is 13.8. The summed E-state index contributed by atoms with van der Waals surface area (Å²) >= 11 is 1.48. The van der Waals surface area contributed by atoms with E-state index >= 15 is 0 Å². The Morgan fingerprint density at radius 2 is 1.89 bits per heavy atom. The van der Waals surface area contributed by atoms with Crippen molar-refractivity contribution in [1.29, 1.82) is 0 Å². The van der Waals surface area contributed by atoms with Crippen LogP contribution in [0, 0.1) is 15.9 Å². The highest BCUT2D eigenvalue weighted by atomic mass is 32.2. The zero-order chi connectivity index (χ0) is 18.8. The third-order valence-corrected chi connectivity index (χ3v) is 4.85. The molecule has 0 aliphatic heterocycles. The lowest BCUT2D eigenvalue weighted by Gasteiger charge is -2.04. The summed E-state index contributed by atoms with van der Waals surface area (Å²) in [4.78, 5) is 10.3. The van der Waals surface area contributed by atoms with Crippen molar-refractivity contribution in [2.75, 3.05) is 0 Å². The van der Waals surface area contributed by atoms with Crippen molar-refractivity contribution < 1.29 is 9.31 Å². The lowest BCUT2D eigenvalue weighted by molar-refractivity contribution is -0.384. The van der Waals surface area contributed by atoms with Crippen molar-refractivity contribution >= 4 is 23.1 Å². The minimum Gasteiger partial charge on any atom is -0.258 e. The number of thioether (sulfide) groups is 1. The van der Waals surface area contributed by atoms with Crippen LogP contribution in [0.1, 0.15) is 5.56 Å². The van der Waals surface area contributed by atoms with Gasteiger partial charge >= 0.3 is 0 Å². The largest absolute Gasteiger partial charge is 0.269 e. The second kappa shape index (κ2) is 7.12. The van der Waals surface area contributed by atoms with E-state index in [9.17, 15) is 14.5 Å². The van der Waals surface area contributed by atoms with Crippen LogP contribution in [-0.4, -0.2) is 24.7 Å². The first-order chi connectivity index (χ1) is 13.1. The minimum atomic E-state index is -0.424. The van der Waals surface area contributed by atoms with Gasteiger partial charge in [0.15, 0.2) is 11.5 Å². The molecule has 4 aromatic rings. The summed E-state index contributed by atoms with van der Waals surface area (Å²) in [5.41, 5.74) is 2.16. The van der Waals surface area contributed by atoms with Gasteiger partial charge in [0.2, 0.25) is 0 Å². The van der Waals surface area contributed by atoms with Crippen LogP contribution in [0.3, 0.4) is 0 Å². The number of non-ortho nitro benzene ring substituents is 1. The number of halogens is 1. The van der Waals surface area contributed by atoms with E-state index in [0.717, 1.165) is 10.6 Å². The van der Waals surface area contributed by atoms with Crippen LogP contribution in [0.25, 0.3) is 17.0 Å². The number of hydrogen-bond donors (Lipinski definition) is 0. The Bertz CT molecular complexity index is 1130. The van der Waals surface area contributed by atoms with E-state index in [1.165, 1.54) is 36.0 Å². The fraction of sp³-hybridized carbons (Fsp3) is 0.0556. The quantitative estimate of drug-likeness (QED) is 0.293. The summed E-state index contributed by atoms with van der Waals surface area (Å²) in [5, 5.41) is 24.1. The Balaban J connectivity index is 1.58. The summed E-state index contributed by atoms with van der Waals surface area (Å²) in [5.74, 6) is 0.712. The Labute approximate surface area is 157 Å². The number of aromatic nitrogens is 4. The fourth-order valence-corrected chi connectivity index (χ4v) is 3.34. The highest BCUT2D eigenvalue weighted by molar-refractivity contribution is 7.98. The van der Waals surface area contributed by atoms with Crippen molar-refractivity contribution in [3.8, 4) is 11.4 Å². The van der Waals surface area contributed by atoms with Crippen LogP contribution in [0.15, 0.2) is 65.7 Å². The second-order valence-corrected chi connectivity index (χ2v) is 6.68. The van der Waals surface area contributed by atoms with Crippen molar-refractivity contribution in [2.45, 2.75) is 10.8 Å². The maximum Gasteiger partial charge on any atom is 0.269 e. The molecule has 0 bridgehead atoms. The van der Waals surface area contributed by atoms with Gasteiger partial charge in [0.1, 0.15) is 10.8 Å². The first-order valence-corrected chi connectivity index (χ1v) is 8.93. The number of nitrogens with zero attached hydrogens (tertiary/aromatic N) is 5. The average Bonchev–Trinajstić information content (AvgIpc) is 3.10. The zero-order valence-corrected chi connectivity index (χ0v) is 14.6. The molecule has 134 valence electrons. The molecule has 0 aliphatic rings. The van der Waals surface area contributed by atoms with Gasteiger partial charge in [0.05, 0.1) is 4.92 Å². The molecule has 0 radical (unpaired) electrons. The number of nitro benzene ring substituents is 1. The molecule has 0 unspecified atom stereocenters. The van der Waals surface area contributed by atoms with Crippen LogP contribution in [0.2, 0.25) is 0 Å². The van der Waals surface area contributed by atoms with Gasteiger partial charge in [-0.1, -0.05) is 36.0 Å². The Morgan fingerprint density at radius 1 is 1.07 bits per heavy atom. The number of benzene rings is 2. The monoisotopic (exact) mass is 381 g/mol. The van der Waals surface area contributed by atoms with E-state index in [0.29, 0.717) is 22.8 Å². The van der Waals surface area contributed by atoms with Gasteiger partial charge in [-0.05, 0) is 29.8 Å². The predicted molar refractivity (Wildman–Crippen MR) is 98.8 cm³/mol. The molecule has 7 nitrogen and oxygen atoms in total. The Morgan fingerprint density at radius 3 is 2.63 bits per heavy atom. The highest BCUT2D eigenvalue weighted by Gasteiger charge is 2.11. The number of rotatable bonds is 5. The highest BCUT2D eigenvalue weighted by Crippen LogP contribution is 2.24. The average molecular weight is 381 g/mol. The van der Waals surface area contributed by atoms with E-state index in [2.05, 4.69) is 15.3 Å². The number of hydrogen-bond acceptors (Lipinski definition) is 6. The molecule has 0 amide bonds. The molecule has 0 saturated carbocycles. The molecule has 2 heterocycles. The maximum absolute atomic E-state index is 13.5. The first-order valence-electron chi connectivity index (χ1n) is 7.95. The summed E-state index contributed by atoms with van der Waals surface area (Å²) in [6, 6.07) is 16.1. The molecule has 0 spiro atoms. The van der Waals surface area contributed by atoms with Crippen LogP contribution in [0.5, 0.6) is 0 Å². The molecule has 0 saturated heterocycles. The molecule has 0 atom stereocenters. The van der Waals surface area contributed by atoms with E-state index in [4.69, 9.17) is 0 Å². The molecule has 2 aromatic carbocycles. The summed E-state index contributed by atoms with van der Waals surface area (Å²) < 4.78 is 15.1. The van der Waals surface area contributed by atoms with Gasteiger partial charge in [-0.15, -0.1) is 10.2 Å². The lowest BCUT2D eigenvalue weighted by Crippen LogP contribution is -1.97. The van der Waals surface area contributed by atoms with Crippen molar-refractivity contribution in [2.24, 2.45) is 0 Å². The first kappa shape index (κ1) is 17.1. The smallest absolute Gasteiger partial charge is 0.258 e. The van der Waals surface area contributed by atoms with Crippen molar-refractivity contribution in [3.05, 3.63) is 82.2 Å². The Hall–Kier alpha value is -3.33. The van der Waals surface area contributed by atoms with Crippen molar-refractivity contribution in [1.82, 2.24) is 19.8 Å². The standard InChI is InChI=1S/C18H12FN5O2S/c19-14-3-1-2-13(10-14)18-21-20-16-8-9-17(22-23(16)18)27-11-12-4-6-15(7-5-12)24(25)26/h1-10H,11H2. The third kappa shape index (κ3) is 3.63. The van der Waals surface area contributed by atoms with Crippen molar-refractivity contribution in [3.63, 3.8) is 0 Å². The normalized spacial score (nSPS) is 11.0. The van der Waals surface area contributed by atoms with E-state index in [-0.39, 0.29) is 11.5 Å². The Kier molecular flexibility index (Phi) is 4.51. The predicted octanol–water partition coefficient (Wildman–Crippen LogP) is 4.13.